The molecule has 0 spiro atoms. The first kappa shape index (κ1) is 11.9. The fourth-order valence-corrected chi connectivity index (χ4v) is 3.34. The van der Waals surface area contributed by atoms with Gasteiger partial charge in [0.2, 0.25) is 5.91 Å². The number of nitrogens with zero attached hydrogens (tertiary/aromatic N) is 1. The molecule has 2 rings (SSSR count). The highest BCUT2D eigenvalue weighted by atomic mass is 16.1. The Hall–Kier alpha value is -0.610. The smallest absolute Gasteiger partial charge is 0.235 e. The molecule has 16 heavy (non-hydrogen) atoms. The summed E-state index contributed by atoms with van der Waals surface area (Å²) < 4.78 is 0. The van der Waals surface area contributed by atoms with E-state index in [0.717, 1.165) is 19.0 Å². The van der Waals surface area contributed by atoms with Crippen LogP contribution in [-0.2, 0) is 4.79 Å². The molecule has 4 heteroatoms. The second kappa shape index (κ2) is 5.15. The number of rotatable bonds is 4. The largest absolute Gasteiger partial charge is 0.368 e. The maximum atomic E-state index is 11.2. The number of piperidine rings is 1. The van der Waals surface area contributed by atoms with E-state index in [1.54, 1.807) is 0 Å². The molecule has 3 atom stereocenters. The van der Waals surface area contributed by atoms with Gasteiger partial charge in [-0.15, -0.1) is 0 Å². The molecule has 4 nitrogen and oxygen atoms in total. The normalized spacial score (nSPS) is 32.3. The maximum absolute atomic E-state index is 11.2. The Morgan fingerprint density at radius 3 is 2.88 bits per heavy atom. The van der Waals surface area contributed by atoms with Crippen LogP contribution in [0.4, 0.5) is 0 Å². The van der Waals surface area contributed by atoms with Crippen molar-refractivity contribution >= 4 is 5.91 Å². The third-order valence-corrected chi connectivity index (χ3v) is 4.22. The molecule has 1 saturated heterocycles. The summed E-state index contributed by atoms with van der Waals surface area (Å²) in [6.45, 7) is 1.92. The zero-order valence-corrected chi connectivity index (χ0v) is 10.1. The lowest BCUT2D eigenvalue weighted by Gasteiger charge is -2.39. The molecular formula is C12H23N3O. The lowest BCUT2D eigenvalue weighted by atomic mass is 9.91. The molecule has 0 aromatic rings. The minimum Gasteiger partial charge on any atom is -0.368 e. The first-order valence-electron chi connectivity index (χ1n) is 6.43. The molecule has 3 unspecified atom stereocenters. The van der Waals surface area contributed by atoms with E-state index >= 15 is 0 Å². The summed E-state index contributed by atoms with van der Waals surface area (Å²) in [5, 5.41) is 3.01. The Balaban J connectivity index is 1.94. The van der Waals surface area contributed by atoms with E-state index in [9.17, 15) is 4.79 Å². The highest BCUT2D eigenvalue weighted by molar-refractivity contribution is 5.80. The summed E-state index contributed by atoms with van der Waals surface area (Å²) in [4.78, 5) is 13.7. The second-order valence-electron chi connectivity index (χ2n) is 5.14. The van der Waals surface area contributed by atoms with Gasteiger partial charge in [-0.25, -0.2) is 0 Å². The van der Waals surface area contributed by atoms with Gasteiger partial charge in [-0.05, 0) is 45.2 Å². The van der Waals surface area contributed by atoms with E-state index in [2.05, 4.69) is 10.2 Å². The Morgan fingerprint density at radius 2 is 2.19 bits per heavy atom. The van der Waals surface area contributed by atoms with Crippen LogP contribution in [0.2, 0.25) is 0 Å². The van der Waals surface area contributed by atoms with Crippen LogP contribution in [0.25, 0.3) is 0 Å². The molecule has 0 aromatic carbocycles. The molecule has 1 aliphatic heterocycles. The average Bonchev–Trinajstić information content (AvgIpc) is 2.73. The molecule has 0 aromatic heterocycles. The van der Waals surface area contributed by atoms with Crippen molar-refractivity contribution in [2.24, 2.45) is 11.7 Å². The van der Waals surface area contributed by atoms with Gasteiger partial charge in [0.15, 0.2) is 0 Å². The minimum atomic E-state index is -0.234. The summed E-state index contributed by atoms with van der Waals surface area (Å²) in [5.74, 6) is 0.641. The van der Waals surface area contributed by atoms with Crippen LogP contribution in [0.1, 0.15) is 32.1 Å². The van der Waals surface area contributed by atoms with Gasteiger partial charge in [-0.2, -0.15) is 0 Å². The standard InChI is InChI=1S/C12H23N3O/c1-14-10(12(13)16)8-15-7-3-5-9-4-2-6-11(9)15/h9-11,14H,2-8H2,1H3,(H2,13,16). The first-order valence-corrected chi connectivity index (χ1v) is 6.43. The van der Waals surface area contributed by atoms with Gasteiger partial charge in [0, 0.05) is 12.6 Å². The van der Waals surface area contributed by atoms with Crippen LogP contribution in [0.5, 0.6) is 0 Å². The van der Waals surface area contributed by atoms with E-state index in [1.165, 1.54) is 32.1 Å². The number of hydrogen-bond donors (Lipinski definition) is 2. The Bertz CT molecular complexity index is 257. The zero-order valence-electron chi connectivity index (χ0n) is 10.1. The van der Waals surface area contributed by atoms with Crippen LogP contribution >= 0.6 is 0 Å². The predicted octanol–water partition coefficient (Wildman–Crippen LogP) is 0.324. The highest BCUT2D eigenvalue weighted by Gasteiger charge is 2.36. The quantitative estimate of drug-likeness (QED) is 0.724. The number of nitrogens with one attached hydrogen (secondary N) is 1. The summed E-state index contributed by atoms with van der Waals surface area (Å²) in [6.07, 6.45) is 6.69. The lowest BCUT2D eigenvalue weighted by molar-refractivity contribution is -0.120. The van der Waals surface area contributed by atoms with Crippen LogP contribution in [0.3, 0.4) is 0 Å². The number of nitrogens with two attached hydrogens (primary N) is 1. The van der Waals surface area contributed by atoms with Gasteiger partial charge in [0.05, 0.1) is 6.04 Å². The zero-order chi connectivity index (χ0) is 11.5. The van der Waals surface area contributed by atoms with Gasteiger partial charge in [-0.1, -0.05) is 6.42 Å². The molecule has 92 valence electrons. The predicted molar refractivity (Wildman–Crippen MR) is 64.0 cm³/mol. The highest BCUT2D eigenvalue weighted by Crippen LogP contribution is 2.36. The van der Waals surface area contributed by atoms with Crippen LogP contribution in [-0.4, -0.2) is 43.0 Å². The molecule has 2 fully saturated rings. The van der Waals surface area contributed by atoms with Crippen molar-refractivity contribution in [3.8, 4) is 0 Å². The molecule has 1 heterocycles. The number of primary amides is 1. The van der Waals surface area contributed by atoms with E-state index in [1.807, 2.05) is 7.05 Å². The third kappa shape index (κ3) is 2.38. The fraction of sp³-hybridized carbons (Fsp3) is 0.917. The lowest BCUT2D eigenvalue weighted by Crippen LogP contribution is -2.52. The molecule has 1 amide bonds. The van der Waals surface area contributed by atoms with Gasteiger partial charge < -0.3 is 11.1 Å². The van der Waals surface area contributed by atoms with Crippen molar-refractivity contribution in [1.82, 2.24) is 10.2 Å². The number of fused-ring (bicyclic) bond motifs is 1. The van der Waals surface area contributed by atoms with Crippen molar-refractivity contribution in [1.29, 1.82) is 0 Å². The summed E-state index contributed by atoms with van der Waals surface area (Å²) in [5.41, 5.74) is 5.37. The Morgan fingerprint density at radius 1 is 1.44 bits per heavy atom. The number of carbonyl (C=O) groups is 1. The van der Waals surface area contributed by atoms with E-state index in [-0.39, 0.29) is 11.9 Å². The first-order chi connectivity index (χ1) is 7.72. The van der Waals surface area contributed by atoms with Crippen molar-refractivity contribution in [2.45, 2.75) is 44.2 Å². The van der Waals surface area contributed by atoms with Gasteiger partial charge in [0.1, 0.15) is 0 Å². The van der Waals surface area contributed by atoms with Gasteiger partial charge in [0.25, 0.3) is 0 Å². The minimum absolute atomic E-state index is 0.195. The number of likely N-dealkylation sites (tertiary alicyclic amines) is 1. The second-order valence-corrected chi connectivity index (χ2v) is 5.14. The number of amides is 1. The molecule has 3 N–H and O–H groups in total. The van der Waals surface area contributed by atoms with Gasteiger partial charge in [-0.3, -0.25) is 9.69 Å². The fourth-order valence-electron chi connectivity index (χ4n) is 3.34. The van der Waals surface area contributed by atoms with E-state index < -0.39 is 0 Å². The molecule has 0 bridgehead atoms. The van der Waals surface area contributed by atoms with Crippen LogP contribution in [0.15, 0.2) is 0 Å². The third-order valence-electron chi connectivity index (χ3n) is 4.22. The molecular weight excluding hydrogens is 202 g/mol. The summed E-state index contributed by atoms with van der Waals surface area (Å²) in [6, 6.07) is 0.517. The summed E-state index contributed by atoms with van der Waals surface area (Å²) in [7, 11) is 1.81. The SMILES string of the molecule is CNC(CN1CCCC2CCCC21)C(N)=O. The Labute approximate surface area is 97.6 Å². The molecule has 1 aliphatic carbocycles. The van der Waals surface area contributed by atoms with Gasteiger partial charge >= 0.3 is 0 Å². The molecule has 0 radical (unpaired) electrons. The van der Waals surface area contributed by atoms with E-state index in [0.29, 0.717) is 6.04 Å². The number of carbonyl (C=O) groups excluding carboxylic acids is 1. The summed E-state index contributed by atoms with van der Waals surface area (Å²) >= 11 is 0. The van der Waals surface area contributed by atoms with Crippen molar-refractivity contribution in [3.63, 3.8) is 0 Å². The topological polar surface area (TPSA) is 58.4 Å². The monoisotopic (exact) mass is 225 g/mol. The average molecular weight is 225 g/mol. The molecule has 2 aliphatic rings. The molecule has 1 saturated carbocycles. The Kier molecular flexibility index (Phi) is 3.82. The maximum Gasteiger partial charge on any atom is 0.235 e. The van der Waals surface area contributed by atoms with Crippen molar-refractivity contribution < 1.29 is 4.79 Å². The van der Waals surface area contributed by atoms with Crippen LogP contribution in [0, 0.1) is 5.92 Å². The van der Waals surface area contributed by atoms with Crippen molar-refractivity contribution in [2.75, 3.05) is 20.1 Å². The van der Waals surface area contributed by atoms with Crippen LogP contribution < -0.4 is 11.1 Å². The van der Waals surface area contributed by atoms with Crippen molar-refractivity contribution in [3.05, 3.63) is 0 Å². The number of hydrogen-bond acceptors (Lipinski definition) is 3. The van der Waals surface area contributed by atoms with E-state index in [4.69, 9.17) is 5.73 Å². The number of likely N-dealkylation sites (N-methyl/N-ethyl adjacent to an activating group) is 1.